The second-order valence-electron chi connectivity index (χ2n) is 4.86. The van der Waals surface area contributed by atoms with E-state index < -0.39 is 29.7 Å². The first-order valence-corrected chi connectivity index (χ1v) is 6.45. The molecule has 0 aromatic heterocycles. The lowest BCUT2D eigenvalue weighted by molar-refractivity contribution is -0.384. The molecule has 1 rings (SSSR count). The van der Waals surface area contributed by atoms with Gasteiger partial charge >= 0.3 is 6.03 Å². The molecule has 8 nitrogen and oxygen atoms in total. The monoisotopic (exact) mass is 297 g/mol. The van der Waals surface area contributed by atoms with Gasteiger partial charge in [0.05, 0.1) is 17.6 Å². The number of hydrogen-bond acceptors (Lipinski definition) is 5. The van der Waals surface area contributed by atoms with Gasteiger partial charge in [0, 0.05) is 18.2 Å². The minimum atomic E-state index is -1.17. The lowest BCUT2D eigenvalue weighted by Crippen LogP contribution is -2.48. The summed E-state index contributed by atoms with van der Waals surface area (Å²) in [6.07, 6.45) is -1.17. The van der Waals surface area contributed by atoms with Crippen molar-refractivity contribution in [3.63, 3.8) is 0 Å². The number of carbonyl (C=O) groups excluding carboxylic acids is 1. The van der Waals surface area contributed by atoms with Crippen molar-refractivity contribution in [1.29, 1.82) is 0 Å². The maximum Gasteiger partial charge on any atom is 0.315 e. The van der Waals surface area contributed by atoms with Gasteiger partial charge in [0.15, 0.2) is 0 Å². The Morgan fingerprint density at radius 3 is 2.29 bits per heavy atom. The Labute approximate surface area is 121 Å². The molecule has 0 aliphatic heterocycles. The van der Waals surface area contributed by atoms with Crippen LogP contribution in [-0.4, -0.2) is 39.9 Å². The molecule has 0 unspecified atom stereocenters. The van der Waals surface area contributed by atoms with Crippen molar-refractivity contribution in [3.05, 3.63) is 39.9 Å². The highest BCUT2D eigenvalue weighted by Crippen LogP contribution is 2.20. The number of nitro groups is 1. The van der Waals surface area contributed by atoms with Crippen LogP contribution in [0, 0.1) is 10.1 Å². The van der Waals surface area contributed by atoms with Crippen molar-refractivity contribution in [2.45, 2.75) is 32.0 Å². The topological polar surface area (TPSA) is 125 Å². The molecule has 0 heterocycles. The summed E-state index contributed by atoms with van der Waals surface area (Å²) < 4.78 is 0. The zero-order valence-corrected chi connectivity index (χ0v) is 11.8. The second-order valence-corrected chi connectivity index (χ2v) is 4.86. The van der Waals surface area contributed by atoms with Crippen LogP contribution in [0.15, 0.2) is 24.3 Å². The van der Waals surface area contributed by atoms with E-state index >= 15 is 0 Å². The third-order valence-electron chi connectivity index (χ3n) is 2.76. The zero-order chi connectivity index (χ0) is 16.0. The molecule has 4 N–H and O–H groups in total. The quantitative estimate of drug-likeness (QED) is 0.454. The predicted octanol–water partition coefficient (Wildman–Crippen LogP) is 0.697. The molecule has 0 aliphatic rings. The molecule has 2 atom stereocenters. The number of benzene rings is 1. The van der Waals surface area contributed by atoms with E-state index in [4.69, 9.17) is 0 Å². The Kier molecular flexibility index (Phi) is 6.07. The zero-order valence-electron chi connectivity index (χ0n) is 11.8. The van der Waals surface area contributed by atoms with E-state index in [9.17, 15) is 25.1 Å². The third-order valence-corrected chi connectivity index (χ3v) is 2.76. The van der Waals surface area contributed by atoms with Crippen molar-refractivity contribution in [3.8, 4) is 0 Å². The maximum absolute atomic E-state index is 11.6. The van der Waals surface area contributed by atoms with Gasteiger partial charge in [-0.25, -0.2) is 4.79 Å². The highest BCUT2D eigenvalue weighted by atomic mass is 16.6. The maximum atomic E-state index is 11.6. The van der Waals surface area contributed by atoms with Gasteiger partial charge in [-0.3, -0.25) is 10.1 Å². The highest BCUT2D eigenvalue weighted by Gasteiger charge is 2.23. The number of nitrogens with zero attached hydrogens (tertiary/aromatic N) is 1. The Morgan fingerprint density at radius 1 is 1.29 bits per heavy atom. The number of carbonyl (C=O) groups is 1. The largest absolute Gasteiger partial charge is 0.394 e. The van der Waals surface area contributed by atoms with Crippen LogP contribution in [0.1, 0.15) is 25.5 Å². The summed E-state index contributed by atoms with van der Waals surface area (Å²) in [5, 5.41) is 35.0. The fourth-order valence-corrected chi connectivity index (χ4v) is 1.72. The Morgan fingerprint density at radius 2 is 1.86 bits per heavy atom. The van der Waals surface area contributed by atoms with Crippen LogP contribution in [0.4, 0.5) is 10.5 Å². The van der Waals surface area contributed by atoms with Crippen molar-refractivity contribution in [1.82, 2.24) is 10.6 Å². The number of aliphatic hydroxyl groups excluding tert-OH is 2. The van der Waals surface area contributed by atoms with Crippen molar-refractivity contribution < 1.29 is 19.9 Å². The first-order valence-electron chi connectivity index (χ1n) is 6.45. The average Bonchev–Trinajstić information content (AvgIpc) is 2.43. The first kappa shape index (κ1) is 16.9. The summed E-state index contributed by atoms with van der Waals surface area (Å²) in [5.41, 5.74) is 0.265. The smallest absolute Gasteiger partial charge is 0.315 e. The molecule has 8 heteroatoms. The van der Waals surface area contributed by atoms with E-state index in [-0.39, 0.29) is 11.7 Å². The lowest BCUT2D eigenvalue weighted by atomic mass is 10.0. The number of nitrogens with one attached hydrogen (secondary N) is 2. The summed E-state index contributed by atoms with van der Waals surface area (Å²) in [7, 11) is 0. The minimum Gasteiger partial charge on any atom is -0.394 e. The number of amides is 2. The van der Waals surface area contributed by atoms with Crippen molar-refractivity contribution >= 4 is 11.7 Å². The van der Waals surface area contributed by atoms with E-state index in [1.54, 1.807) is 13.8 Å². The summed E-state index contributed by atoms with van der Waals surface area (Å²) >= 11 is 0. The van der Waals surface area contributed by atoms with Gasteiger partial charge in [-0.1, -0.05) is 0 Å². The van der Waals surface area contributed by atoms with E-state index in [2.05, 4.69) is 10.6 Å². The van der Waals surface area contributed by atoms with Gasteiger partial charge < -0.3 is 20.8 Å². The fraction of sp³-hybridized carbons (Fsp3) is 0.462. The molecule has 0 fully saturated rings. The van der Waals surface area contributed by atoms with Gasteiger partial charge in [-0.15, -0.1) is 0 Å². The second kappa shape index (κ2) is 7.55. The standard InChI is InChI=1S/C13H19N3O5/c1-8(2)14-13(19)15-11(7-17)12(18)9-3-5-10(6-4-9)16(20)21/h3-6,8,11-12,17-18H,7H2,1-2H3,(H2,14,15,19)/t11-,12-/m0/s1. The van der Waals surface area contributed by atoms with E-state index in [0.29, 0.717) is 5.56 Å². The van der Waals surface area contributed by atoms with Crippen LogP contribution in [0.3, 0.4) is 0 Å². The van der Waals surface area contributed by atoms with Crippen LogP contribution in [0.5, 0.6) is 0 Å². The van der Waals surface area contributed by atoms with Crippen LogP contribution in [0.25, 0.3) is 0 Å². The number of hydrogen-bond donors (Lipinski definition) is 4. The van der Waals surface area contributed by atoms with Crippen LogP contribution in [-0.2, 0) is 0 Å². The van der Waals surface area contributed by atoms with Gasteiger partial charge in [0.1, 0.15) is 6.10 Å². The van der Waals surface area contributed by atoms with E-state index in [0.717, 1.165) is 0 Å². The number of aliphatic hydroxyl groups is 2. The molecular formula is C13H19N3O5. The molecule has 0 radical (unpaired) electrons. The van der Waals surface area contributed by atoms with Crippen LogP contribution >= 0.6 is 0 Å². The molecule has 0 saturated heterocycles. The minimum absolute atomic E-state index is 0.0825. The average molecular weight is 297 g/mol. The molecule has 1 aromatic rings. The Bertz CT molecular complexity index is 489. The Hall–Kier alpha value is -2.19. The van der Waals surface area contributed by atoms with Gasteiger partial charge in [-0.2, -0.15) is 0 Å². The van der Waals surface area contributed by atoms with Crippen molar-refractivity contribution in [2.24, 2.45) is 0 Å². The van der Waals surface area contributed by atoms with Gasteiger partial charge in [-0.05, 0) is 31.5 Å². The molecular weight excluding hydrogens is 278 g/mol. The predicted molar refractivity (Wildman–Crippen MR) is 75.7 cm³/mol. The normalized spacial score (nSPS) is 13.6. The molecule has 0 spiro atoms. The molecule has 1 aromatic carbocycles. The molecule has 0 aliphatic carbocycles. The number of non-ortho nitro benzene ring substituents is 1. The van der Waals surface area contributed by atoms with E-state index in [1.807, 2.05) is 0 Å². The van der Waals surface area contributed by atoms with Crippen molar-refractivity contribution in [2.75, 3.05) is 6.61 Å². The van der Waals surface area contributed by atoms with Crippen LogP contribution < -0.4 is 10.6 Å². The summed E-state index contributed by atoms with van der Waals surface area (Å²) in [5.74, 6) is 0. The van der Waals surface area contributed by atoms with Gasteiger partial charge in [0.2, 0.25) is 0 Å². The summed E-state index contributed by atoms with van der Waals surface area (Å²) in [4.78, 5) is 21.6. The molecule has 2 amide bonds. The first-order chi connectivity index (χ1) is 9.85. The fourth-order valence-electron chi connectivity index (χ4n) is 1.72. The lowest BCUT2D eigenvalue weighted by Gasteiger charge is -2.23. The Balaban J connectivity index is 2.75. The molecule has 0 saturated carbocycles. The highest BCUT2D eigenvalue weighted by molar-refractivity contribution is 5.74. The summed E-state index contributed by atoms with van der Waals surface area (Å²) in [6, 6.07) is 3.76. The number of urea groups is 1. The van der Waals surface area contributed by atoms with E-state index in [1.165, 1.54) is 24.3 Å². The van der Waals surface area contributed by atoms with Crippen LogP contribution in [0.2, 0.25) is 0 Å². The molecule has 21 heavy (non-hydrogen) atoms. The summed E-state index contributed by atoms with van der Waals surface area (Å²) in [6.45, 7) is 3.09. The number of rotatable bonds is 6. The molecule has 0 bridgehead atoms. The number of nitro benzene ring substituents is 1. The van der Waals surface area contributed by atoms with Gasteiger partial charge in [0.25, 0.3) is 5.69 Å². The third kappa shape index (κ3) is 5.01. The molecule has 116 valence electrons. The SMILES string of the molecule is CC(C)NC(=O)N[C@@H](CO)[C@@H](O)c1ccc([N+](=O)[O-])cc1.